The van der Waals surface area contributed by atoms with Gasteiger partial charge in [-0.2, -0.15) is 0 Å². The molecule has 0 radical (unpaired) electrons. The number of benzene rings is 2. The number of anilines is 1. The van der Waals surface area contributed by atoms with Gasteiger partial charge in [0.15, 0.2) is 5.13 Å². The lowest BCUT2D eigenvalue weighted by atomic mass is 10.2. The molecular weight excluding hydrogens is 394 g/mol. The fourth-order valence-electron chi connectivity index (χ4n) is 2.95. The van der Waals surface area contributed by atoms with Crippen molar-refractivity contribution in [3.8, 4) is 5.75 Å². The van der Waals surface area contributed by atoms with Crippen molar-refractivity contribution in [1.29, 1.82) is 0 Å². The number of thiazole rings is 1. The number of fused-ring (bicyclic) bond motifs is 1. The number of aromatic nitrogens is 1. The Hall–Kier alpha value is -2.15. The van der Waals surface area contributed by atoms with Gasteiger partial charge in [-0.05, 0) is 31.2 Å². The van der Waals surface area contributed by atoms with E-state index in [1.165, 1.54) is 16.2 Å². The Morgan fingerprint density at radius 3 is 2.71 bits per heavy atom. The molecule has 1 N–H and O–H groups in total. The molecule has 0 saturated heterocycles. The van der Waals surface area contributed by atoms with Crippen molar-refractivity contribution in [3.63, 3.8) is 0 Å². The largest absolute Gasteiger partial charge is 0.492 e. The Morgan fingerprint density at radius 1 is 1.21 bits per heavy atom. The minimum Gasteiger partial charge on any atom is -0.492 e. The Balaban J connectivity index is 1.98. The average molecular weight is 419 g/mol. The zero-order valence-corrected chi connectivity index (χ0v) is 17.9. The summed E-state index contributed by atoms with van der Waals surface area (Å²) < 4.78 is 6.70. The highest BCUT2D eigenvalue weighted by molar-refractivity contribution is 7.22. The molecule has 148 valence electrons. The molecule has 3 rings (SSSR count). The van der Waals surface area contributed by atoms with E-state index >= 15 is 0 Å². The quantitative estimate of drug-likeness (QED) is 0.608. The third kappa shape index (κ3) is 4.63. The van der Waals surface area contributed by atoms with Crippen LogP contribution in [0.15, 0.2) is 42.5 Å². The standard InChI is InChI=1S/C21H24ClN3O2S/c1-4-27-17-11-7-12-18-19(17)23-21(28-18)25(14-8-13-24(2)3)20(26)15-9-5-6-10-16(15)22/h5-7,9-12H,4,8,13-14H2,1-3H3/p+1. The Morgan fingerprint density at radius 2 is 2.00 bits per heavy atom. The maximum Gasteiger partial charge on any atom is 0.261 e. The monoisotopic (exact) mass is 418 g/mol. The zero-order chi connectivity index (χ0) is 20.1. The van der Waals surface area contributed by atoms with E-state index in [0.29, 0.717) is 28.9 Å². The van der Waals surface area contributed by atoms with Gasteiger partial charge in [-0.15, -0.1) is 0 Å². The van der Waals surface area contributed by atoms with E-state index in [1.807, 2.05) is 37.3 Å². The summed E-state index contributed by atoms with van der Waals surface area (Å²) in [5.74, 6) is 0.613. The van der Waals surface area contributed by atoms with Gasteiger partial charge in [0, 0.05) is 13.0 Å². The maximum absolute atomic E-state index is 13.3. The molecule has 1 heterocycles. The summed E-state index contributed by atoms with van der Waals surface area (Å²) in [7, 11) is 4.21. The first-order valence-electron chi connectivity index (χ1n) is 9.39. The summed E-state index contributed by atoms with van der Waals surface area (Å²) in [4.78, 5) is 21.1. The van der Waals surface area contributed by atoms with E-state index in [-0.39, 0.29) is 5.91 Å². The van der Waals surface area contributed by atoms with Crippen LogP contribution in [-0.4, -0.2) is 44.7 Å². The second-order valence-corrected chi connectivity index (χ2v) is 8.20. The summed E-state index contributed by atoms with van der Waals surface area (Å²) in [5, 5.41) is 1.12. The number of quaternary nitrogens is 1. The molecule has 0 spiro atoms. The van der Waals surface area contributed by atoms with Crippen molar-refractivity contribution in [2.24, 2.45) is 0 Å². The molecular formula is C21H25ClN3O2S+. The van der Waals surface area contributed by atoms with Crippen LogP contribution in [0.5, 0.6) is 5.75 Å². The van der Waals surface area contributed by atoms with Crippen molar-refractivity contribution in [2.75, 3.05) is 38.7 Å². The van der Waals surface area contributed by atoms with Crippen molar-refractivity contribution < 1.29 is 14.4 Å². The van der Waals surface area contributed by atoms with Gasteiger partial charge < -0.3 is 9.64 Å². The summed E-state index contributed by atoms with van der Waals surface area (Å²) in [6.07, 6.45) is 0.868. The third-order valence-corrected chi connectivity index (χ3v) is 5.68. The van der Waals surface area contributed by atoms with Gasteiger partial charge >= 0.3 is 0 Å². The van der Waals surface area contributed by atoms with Crippen LogP contribution >= 0.6 is 22.9 Å². The van der Waals surface area contributed by atoms with Gasteiger partial charge in [-0.3, -0.25) is 9.69 Å². The molecule has 0 unspecified atom stereocenters. The van der Waals surface area contributed by atoms with Crippen molar-refractivity contribution in [1.82, 2.24) is 4.98 Å². The topological polar surface area (TPSA) is 46.9 Å². The van der Waals surface area contributed by atoms with E-state index in [2.05, 4.69) is 14.1 Å². The van der Waals surface area contributed by atoms with Crippen LogP contribution in [0.4, 0.5) is 5.13 Å². The molecule has 3 aromatic rings. The highest BCUT2D eigenvalue weighted by Gasteiger charge is 2.23. The molecule has 1 aromatic heterocycles. The first-order valence-corrected chi connectivity index (χ1v) is 10.6. The fraction of sp³-hybridized carbons (Fsp3) is 0.333. The number of hydrogen-bond acceptors (Lipinski definition) is 4. The smallest absolute Gasteiger partial charge is 0.261 e. The molecule has 0 aliphatic carbocycles. The van der Waals surface area contributed by atoms with Crippen LogP contribution < -0.4 is 14.5 Å². The molecule has 5 nitrogen and oxygen atoms in total. The first kappa shape index (κ1) is 20.6. The van der Waals surface area contributed by atoms with Crippen LogP contribution in [0.3, 0.4) is 0 Å². The van der Waals surface area contributed by atoms with Gasteiger partial charge in [0.2, 0.25) is 0 Å². The summed E-state index contributed by atoms with van der Waals surface area (Å²) >= 11 is 7.79. The molecule has 7 heteroatoms. The maximum atomic E-state index is 13.3. The Labute approximate surface area is 174 Å². The van der Waals surface area contributed by atoms with Crippen molar-refractivity contribution >= 4 is 44.2 Å². The number of carbonyl (C=O) groups is 1. The molecule has 2 aromatic carbocycles. The SMILES string of the molecule is CCOc1cccc2sc(N(CCC[NH+](C)C)C(=O)c3ccccc3Cl)nc12. The highest BCUT2D eigenvalue weighted by atomic mass is 35.5. The van der Waals surface area contributed by atoms with Gasteiger partial charge in [-0.1, -0.05) is 41.1 Å². The lowest BCUT2D eigenvalue weighted by Crippen LogP contribution is -3.05. The summed E-state index contributed by atoms with van der Waals surface area (Å²) in [6.45, 7) is 4.06. The number of nitrogens with zero attached hydrogens (tertiary/aromatic N) is 2. The van der Waals surface area contributed by atoms with E-state index < -0.39 is 0 Å². The third-order valence-electron chi connectivity index (χ3n) is 4.31. The second-order valence-electron chi connectivity index (χ2n) is 6.78. The number of nitrogens with one attached hydrogen (secondary N) is 1. The van der Waals surface area contributed by atoms with Crippen LogP contribution in [0.2, 0.25) is 5.02 Å². The molecule has 28 heavy (non-hydrogen) atoms. The lowest BCUT2D eigenvalue weighted by molar-refractivity contribution is -0.858. The number of rotatable bonds is 8. The number of halogens is 1. The average Bonchev–Trinajstić information content (AvgIpc) is 3.10. The summed E-state index contributed by atoms with van der Waals surface area (Å²) in [6, 6.07) is 13.0. The van der Waals surface area contributed by atoms with E-state index in [1.54, 1.807) is 17.0 Å². The zero-order valence-electron chi connectivity index (χ0n) is 16.4. The van der Waals surface area contributed by atoms with Crippen molar-refractivity contribution in [2.45, 2.75) is 13.3 Å². The number of para-hydroxylation sites is 1. The molecule has 0 bridgehead atoms. The van der Waals surface area contributed by atoms with Crippen LogP contribution in [0.25, 0.3) is 10.2 Å². The minimum absolute atomic E-state index is 0.128. The fourth-order valence-corrected chi connectivity index (χ4v) is 4.18. The Kier molecular flexibility index (Phi) is 6.88. The van der Waals surface area contributed by atoms with E-state index in [9.17, 15) is 4.79 Å². The number of hydrogen-bond donors (Lipinski definition) is 1. The molecule has 0 atom stereocenters. The van der Waals surface area contributed by atoms with Gasteiger partial charge in [0.25, 0.3) is 5.91 Å². The van der Waals surface area contributed by atoms with Crippen LogP contribution in [-0.2, 0) is 0 Å². The highest BCUT2D eigenvalue weighted by Crippen LogP contribution is 2.35. The minimum atomic E-state index is -0.128. The second kappa shape index (κ2) is 9.37. The molecule has 0 saturated carbocycles. The van der Waals surface area contributed by atoms with Gasteiger partial charge in [0.1, 0.15) is 11.3 Å². The molecule has 0 fully saturated rings. The number of amides is 1. The predicted octanol–water partition coefficient (Wildman–Crippen LogP) is 3.53. The first-order chi connectivity index (χ1) is 13.5. The molecule has 1 amide bonds. The number of ether oxygens (including phenoxy) is 1. The van der Waals surface area contributed by atoms with E-state index in [4.69, 9.17) is 21.3 Å². The van der Waals surface area contributed by atoms with Crippen molar-refractivity contribution in [3.05, 3.63) is 53.1 Å². The normalized spacial score (nSPS) is 11.2. The summed E-state index contributed by atoms with van der Waals surface area (Å²) in [5.41, 5.74) is 1.28. The number of carbonyl (C=O) groups excluding carboxylic acids is 1. The predicted molar refractivity (Wildman–Crippen MR) is 116 cm³/mol. The molecule has 0 aliphatic rings. The van der Waals surface area contributed by atoms with E-state index in [0.717, 1.165) is 28.9 Å². The van der Waals surface area contributed by atoms with Gasteiger partial charge in [0.05, 0.1) is 42.5 Å². The van der Waals surface area contributed by atoms with Crippen LogP contribution in [0, 0.1) is 0 Å². The Bertz CT molecular complexity index is 958. The van der Waals surface area contributed by atoms with Crippen LogP contribution in [0.1, 0.15) is 23.7 Å². The molecule has 0 aliphatic heterocycles. The lowest BCUT2D eigenvalue weighted by Gasteiger charge is -2.21. The van der Waals surface area contributed by atoms with Gasteiger partial charge in [-0.25, -0.2) is 4.98 Å².